The number of benzene rings is 2. The second-order valence-electron chi connectivity index (χ2n) is 7.29. The number of carbonyl (C=O) groups excluding carboxylic acids is 1. The Hall–Kier alpha value is -3.34. The number of aromatic amines is 1. The summed E-state index contributed by atoms with van der Waals surface area (Å²) in [6.45, 7) is 0.476. The molecule has 0 bridgehead atoms. The lowest BCUT2D eigenvalue weighted by molar-refractivity contribution is -0.120. The van der Waals surface area contributed by atoms with Crippen LogP contribution in [0, 0.1) is 0 Å². The number of H-pyrrole nitrogens is 1. The van der Waals surface area contributed by atoms with Crippen LogP contribution in [0.5, 0.6) is 0 Å². The van der Waals surface area contributed by atoms with Crippen molar-refractivity contribution in [2.75, 3.05) is 0 Å². The number of aromatic nitrogens is 3. The summed E-state index contributed by atoms with van der Waals surface area (Å²) in [7, 11) is 0. The summed E-state index contributed by atoms with van der Waals surface area (Å²) in [5, 5.41) is 8.99. The van der Waals surface area contributed by atoms with Crippen LogP contribution in [0.4, 0.5) is 0 Å². The van der Waals surface area contributed by atoms with E-state index < -0.39 is 0 Å². The number of hydrogen-bond acceptors (Lipinski definition) is 2. The second kappa shape index (κ2) is 7.00. The summed E-state index contributed by atoms with van der Waals surface area (Å²) in [5.74, 6) is 0.0192. The normalized spacial score (nSPS) is 13.0. The van der Waals surface area contributed by atoms with Crippen LogP contribution in [0.1, 0.15) is 28.9 Å². The quantitative estimate of drug-likeness (QED) is 0.563. The van der Waals surface area contributed by atoms with Gasteiger partial charge in [-0.15, -0.1) is 0 Å². The number of rotatable bonds is 5. The van der Waals surface area contributed by atoms with Crippen molar-refractivity contribution < 1.29 is 4.79 Å². The van der Waals surface area contributed by atoms with E-state index in [9.17, 15) is 4.79 Å². The molecular weight excluding hydrogens is 348 g/mol. The predicted octanol–water partition coefficient (Wildman–Crippen LogP) is 3.70. The molecule has 0 radical (unpaired) electrons. The van der Waals surface area contributed by atoms with E-state index in [2.05, 4.69) is 22.4 Å². The highest BCUT2D eigenvalue weighted by Gasteiger charge is 2.23. The van der Waals surface area contributed by atoms with E-state index in [0.717, 1.165) is 47.1 Å². The van der Waals surface area contributed by atoms with Crippen molar-refractivity contribution in [2.45, 2.75) is 32.2 Å². The van der Waals surface area contributed by atoms with Crippen LogP contribution in [-0.2, 0) is 30.6 Å². The van der Waals surface area contributed by atoms with Gasteiger partial charge in [0.05, 0.1) is 24.3 Å². The summed E-state index contributed by atoms with van der Waals surface area (Å²) in [4.78, 5) is 15.8. The van der Waals surface area contributed by atoms with Gasteiger partial charge in [-0.25, -0.2) is 4.68 Å². The lowest BCUT2D eigenvalue weighted by Gasteiger charge is -2.05. The van der Waals surface area contributed by atoms with Crippen LogP contribution in [0.25, 0.3) is 16.6 Å². The highest BCUT2D eigenvalue weighted by molar-refractivity contribution is 5.88. The minimum absolute atomic E-state index is 0.0192. The van der Waals surface area contributed by atoms with Crippen molar-refractivity contribution in [3.8, 4) is 5.69 Å². The largest absolute Gasteiger partial charge is 0.361 e. The molecule has 0 atom stereocenters. The van der Waals surface area contributed by atoms with Crippen LogP contribution in [0.2, 0.25) is 0 Å². The Kier molecular flexibility index (Phi) is 4.20. The molecule has 0 fully saturated rings. The van der Waals surface area contributed by atoms with Crippen molar-refractivity contribution in [3.63, 3.8) is 0 Å². The molecule has 1 amide bonds. The summed E-state index contributed by atoms with van der Waals surface area (Å²) < 4.78 is 2.05. The standard InChI is InChI=1S/C23H22N4O/c28-23(13-16-14-24-20-11-5-4-9-18(16)20)25-15-21-19-10-6-12-22(19)27(26-21)17-7-2-1-3-8-17/h1-5,7-9,11,14,24H,6,10,12-13,15H2,(H,25,28). The van der Waals surface area contributed by atoms with Crippen molar-refractivity contribution in [1.82, 2.24) is 20.1 Å². The zero-order valence-electron chi connectivity index (χ0n) is 15.6. The summed E-state index contributed by atoms with van der Waals surface area (Å²) in [6.07, 6.45) is 5.52. The molecule has 4 aromatic rings. The average molecular weight is 370 g/mol. The van der Waals surface area contributed by atoms with Gasteiger partial charge in [-0.2, -0.15) is 5.10 Å². The first-order valence-electron chi connectivity index (χ1n) is 9.76. The van der Waals surface area contributed by atoms with E-state index in [1.54, 1.807) is 0 Å². The summed E-state index contributed by atoms with van der Waals surface area (Å²) in [5.41, 5.74) is 6.74. The molecule has 1 aliphatic rings. The Morgan fingerprint density at radius 1 is 1.07 bits per heavy atom. The Labute approximate surface area is 163 Å². The molecule has 140 valence electrons. The van der Waals surface area contributed by atoms with Crippen LogP contribution < -0.4 is 5.32 Å². The zero-order chi connectivity index (χ0) is 18.9. The van der Waals surface area contributed by atoms with Crippen molar-refractivity contribution in [1.29, 1.82) is 0 Å². The van der Waals surface area contributed by atoms with Crippen molar-refractivity contribution in [2.24, 2.45) is 0 Å². The molecule has 0 aliphatic heterocycles. The number of nitrogens with zero attached hydrogens (tertiary/aromatic N) is 2. The van der Waals surface area contributed by atoms with Gasteiger partial charge in [0.1, 0.15) is 0 Å². The second-order valence-corrected chi connectivity index (χ2v) is 7.29. The van der Waals surface area contributed by atoms with Crippen molar-refractivity contribution in [3.05, 3.63) is 83.3 Å². The molecule has 2 N–H and O–H groups in total. The molecule has 0 spiro atoms. The van der Waals surface area contributed by atoms with Crippen LogP contribution in [0.15, 0.2) is 60.8 Å². The lowest BCUT2D eigenvalue weighted by Crippen LogP contribution is -2.25. The minimum atomic E-state index is 0.0192. The molecule has 0 saturated heterocycles. The minimum Gasteiger partial charge on any atom is -0.361 e. The zero-order valence-corrected chi connectivity index (χ0v) is 15.6. The number of hydrogen-bond donors (Lipinski definition) is 2. The van der Waals surface area contributed by atoms with E-state index >= 15 is 0 Å². The number of fused-ring (bicyclic) bond motifs is 2. The van der Waals surface area contributed by atoms with Gasteiger partial charge in [0.25, 0.3) is 0 Å². The molecule has 2 aromatic carbocycles. The lowest BCUT2D eigenvalue weighted by atomic mass is 10.1. The number of para-hydroxylation sites is 2. The van der Waals surface area contributed by atoms with Crippen LogP contribution in [0.3, 0.4) is 0 Å². The van der Waals surface area contributed by atoms with E-state index in [1.165, 1.54) is 11.3 Å². The van der Waals surface area contributed by atoms with Gasteiger partial charge in [0.15, 0.2) is 0 Å². The Morgan fingerprint density at radius 3 is 2.79 bits per heavy atom. The molecule has 2 aromatic heterocycles. The molecule has 5 heteroatoms. The Balaban J connectivity index is 1.32. The molecule has 0 unspecified atom stereocenters. The molecule has 5 nitrogen and oxygen atoms in total. The first-order valence-corrected chi connectivity index (χ1v) is 9.76. The maximum absolute atomic E-state index is 12.5. The fourth-order valence-electron chi connectivity index (χ4n) is 4.13. The van der Waals surface area contributed by atoms with Crippen LogP contribution in [-0.4, -0.2) is 20.7 Å². The van der Waals surface area contributed by atoms with Gasteiger partial charge in [-0.1, -0.05) is 36.4 Å². The SMILES string of the molecule is O=C(Cc1c[nH]c2ccccc12)NCc1nn(-c2ccccc2)c2c1CCC2. The molecule has 28 heavy (non-hydrogen) atoms. The maximum atomic E-state index is 12.5. The smallest absolute Gasteiger partial charge is 0.224 e. The highest BCUT2D eigenvalue weighted by atomic mass is 16.1. The topological polar surface area (TPSA) is 62.7 Å². The van der Waals surface area contributed by atoms with Gasteiger partial charge in [-0.05, 0) is 48.6 Å². The molecular formula is C23H22N4O. The number of nitrogens with one attached hydrogen (secondary N) is 2. The molecule has 0 saturated carbocycles. The predicted molar refractivity (Wildman–Crippen MR) is 109 cm³/mol. The van der Waals surface area contributed by atoms with Gasteiger partial charge in [0, 0.05) is 22.8 Å². The summed E-state index contributed by atoms with van der Waals surface area (Å²) >= 11 is 0. The van der Waals surface area contributed by atoms with Gasteiger partial charge < -0.3 is 10.3 Å². The Bertz CT molecular complexity index is 1140. The van der Waals surface area contributed by atoms with E-state index in [4.69, 9.17) is 5.10 Å². The third-order valence-corrected chi connectivity index (χ3v) is 5.49. The van der Waals surface area contributed by atoms with E-state index in [0.29, 0.717) is 13.0 Å². The number of amides is 1. The molecule has 2 heterocycles. The fourth-order valence-corrected chi connectivity index (χ4v) is 4.13. The highest BCUT2D eigenvalue weighted by Crippen LogP contribution is 2.27. The van der Waals surface area contributed by atoms with Gasteiger partial charge in [-0.3, -0.25) is 4.79 Å². The number of carbonyl (C=O) groups is 1. The monoisotopic (exact) mass is 370 g/mol. The van der Waals surface area contributed by atoms with Gasteiger partial charge >= 0.3 is 0 Å². The molecule has 5 rings (SSSR count). The maximum Gasteiger partial charge on any atom is 0.224 e. The average Bonchev–Trinajstić information content (AvgIpc) is 3.43. The first-order chi connectivity index (χ1) is 13.8. The fraction of sp³-hybridized carbons (Fsp3) is 0.217. The van der Waals surface area contributed by atoms with Crippen molar-refractivity contribution >= 4 is 16.8 Å². The van der Waals surface area contributed by atoms with E-state index in [-0.39, 0.29) is 5.91 Å². The first kappa shape index (κ1) is 16.8. The summed E-state index contributed by atoms with van der Waals surface area (Å²) in [6, 6.07) is 18.3. The third kappa shape index (κ3) is 2.99. The molecule has 1 aliphatic carbocycles. The Morgan fingerprint density at radius 2 is 1.89 bits per heavy atom. The van der Waals surface area contributed by atoms with E-state index in [1.807, 2.05) is 53.3 Å². The van der Waals surface area contributed by atoms with Crippen LogP contribution >= 0.6 is 0 Å². The van der Waals surface area contributed by atoms with Gasteiger partial charge in [0.2, 0.25) is 5.91 Å². The third-order valence-electron chi connectivity index (χ3n) is 5.49.